The van der Waals surface area contributed by atoms with E-state index in [1.807, 2.05) is 18.2 Å². The van der Waals surface area contributed by atoms with E-state index in [-0.39, 0.29) is 23.9 Å². The van der Waals surface area contributed by atoms with Crippen molar-refractivity contribution in [3.63, 3.8) is 0 Å². The molecule has 1 fully saturated rings. The lowest BCUT2D eigenvalue weighted by Crippen LogP contribution is -2.67. The van der Waals surface area contributed by atoms with Gasteiger partial charge in [-0.05, 0) is 73.8 Å². The second-order valence-corrected chi connectivity index (χ2v) is 8.84. The van der Waals surface area contributed by atoms with E-state index in [0.29, 0.717) is 18.3 Å². The van der Waals surface area contributed by atoms with Gasteiger partial charge in [-0.2, -0.15) is 0 Å². The molecule has 0 saturated carbocycles. The third-order valence-electron chi connectivity index (χ3n) is 7.09. The third kappa shape index (κ3) is 3.79. The van der Waals surface area contributed by atoms with Crippen molar-refractivity contribution in [1.82, 2.24) is 9.80 Å². The molecular weight excluding hydrogens is 367 g/mol. The average molecular weight is 399 g/mol. The Balaban J connectivity index is 1.66. The molecule has 0 spiro atoms. The number of rotatable bonds is 6. The highest BCUT2D eigenvalue weighted by atomic mass is 19.1. The average Bonchev–Trinajstić information content (AvgIpc) is 2.70. The van der Waals surface area contributed by atoms with Gasteiger partial charge in [0.2, 0.25) is 0 Å². The number of hydrogen-bond donors (Lipinski definition) is 2. The molecule has 1 saturated heterocycles. The molecule has 2 aliphatic rings. The van der Waals surface area contributed by atoms with Crippen LogP contribution in [0.1, 0.15) is 30.0 Å². The van der Waals surface area contributed by atoms with Crippen LogP contribution in [0.5, 0.6) is 5.75 Å². The molecule has 156 valence electrons. The van der Waals surface area contributed by atoms with Crippen molar-refractivity contribution >= 4 is 0 Å². The largest absolute Gasteiger partial charge is 0.508 e. The summed E-state index contributed by atoms with van der Waals surface area (Å²) < 4.78 is 13.3. The number of fused-ring (bicyclic) bond motifs is 4. The van der Waals surface area contributed by atoms with Crippen molar-refractivity contribution in [2.45, 2.75) is 43.7 Å². The lowest BCUT2D eigenvalue weighted by atomic mass is 9.61. The number of phenolic OH excluding ortho intramolecular Hbond substituents is 1. The Morgan fingerprint density at radius 3 is 2.66 bits per heavy atom. The molecule has 2 bridgehead atoms. The van der Waals surface area contributed by atoms with Crippen molar-refractivity contribution < 1.29 is 14.6 Å². The maximum atomic E-state index is 13.3. The number of aliphatic hydroxyl groups excluding tert-OH is 1. The van der Waals surface area contributed by atoms with Gasteiger partial charge >= 0.3 is 0 Å². The molecule has 3 atom stereocenters. The Hall–Kier alpha value is -1.95. The SMILES string of the molecule is CN1CC[C@@]2(C)c3cc(O)ccc3C[C@@H]1[C@H]2N(CCO)CCc1ccc(F)cc1. The van der Waals surface area contributed by atoms with E-state index in [4.69, 9.17) is 0 Å². The van der Waals surface area contributed by atoms with Gasteiger partial charge in [0.15, 0.2) is 0 Å². The number of benzene rings is 2. The Morgan fingerprint density at radius 2 is 1.93 bits per heavy atom. The van der Waals surface area contributed by atoms with E-state index in [9.17, 15) is 14.6 Å². The Labute approximate surface area is 172 Å². The topological polar surface area (TPSA) is 46.9 Å². The Bertz CT molecular complexity index is 856. The van der Waals surface area contributed by atoms with Crippen molar-refractivity contribution in [2.75, 3.05) is 33.3 Å². The molecule has 0 unspecified atom stereocenters. The summed E-state index contributed by atoms with van der Waals surface area (Å²) in [6, 6.07) is 13.1. The standard InChI is InChI=1S/C24H31FN2O2/c1-24-10-12-26(2)22(15-18-5-8-20(29)16-21(18)24)23(24)27(13-14-28)11-9-17-3-6-19(25)7-4-17/h3-8,16,22-23,28-29H,9-15H2,1-2H3/t22-,23-,24+/m1/s1. The first-order chi connectivity index (χ1) is 13.9. The molecule has 5 heteroatoms. The molecule has 0 radical (unpaired) electrons. The van der Waals surface area contributed by atoms with Crippen LogP contribution in [0.25, 0.3) is 0 Å². The van der Waals surface area contributed by atoms with Crippen molar-refractivity contribution in [3.05, 3.63) is 65.0 Å². The van der Waals surface area contributed by atoms with E-state index in [2.05, 4.69) is 29.8 Å². The fraction of sp³-hybridized carbons (Fsp3) is 0.500. The van der Waals surface area contributed by atoms with Gasteiger partial charge < -0.3 is 15.1 Å². The third-order valence-corrected chi connectivity index (χ3v) is 7.09. The maximum Gasteiger partial charge on any atom is 0.123 e. The number of aliphatic hydroxyl groups is 1. The van der Waals surface area contributed by atoms with Crippen LogP contribution < -0.4 is 0 Å². The molecule has 2 aromatic carbocycles. The van der Waals surface area contributed by atoms with E-state index in [1.165, 1.54) is 23.3 Å². The van der Waals surface area contributed by atoms with Gasteiger partial charge in [-0.1, -0.05) is 25.1 Å². The Kier molecular flexibility index (Phi) is 5.65. The van der Waals surface area contributed by atoms with Crippen LogP contribution in [-0.4, -0.2) is 65.4 Å². The number of aromatic hydroxyl groups is 1. The Morgan fingerprint density at radius 1 is 1.17 bits per heavy atom. The van der Waals surface area contributed by atoms with Gasteiger partial charge in [0.1, 0.15) is 11.6 Å². The summed E-state index contributed by atoms with van der Waals surface area (Å²) in [4.78, 5) is 4.86. The van der Waals surface area contributed by atoms with Gasteiger partial charge in [-0.25, -0.2) is 4.39 Å². The van der Waals surface area contributed by atoms with E-state index in [0.717, 1.165) is 37.9 Å². The van der Waals surface area contributed by atoms with Crippen LogP contribution in [0.2, 0.25) is 0 Å². The van der Waals surface area contributed by atoms with Crippen LogP contribution in [0.3, 0.4) is 0 Å². The van der Waals surface area contributed by atoms with E-state index < -0.39 is 0 Å². The molecule has 29 heavy (non-hydrogen) atoms. The summed E-state index contributed by atoms with van der Waals surface area (Å²) >= 11 is 0. The second kappa shape index (κ2) is 8.05. The number of nitrogens with zero attached hydrogens (tertiary/aromatic N) is 2. The zero-order chi connectivity index (χ0) is 20.6. The number of piperidine rings is 1. The smallest absolute Gasteiger partial charge is 0.123 e. The fourth-order valence-electron chi connectivity index (χ4n) is 5.54. The predicted molar refractivity (Wildman–Crippen MR) is 113 cm³/mol. The summed E-state index contributed by atoms with van der Waals surface area (Å²) in [7, 11) is 2.19. The maximum absolute atomic E-state index is 13.3. The first-order valence-corrected chi connectivity index (χ1v) is 10.5. The van der Waals surface area contributed by atoms with Gasteiger partial charge in [0.05, 0.1) is 6.61 Å². The summed E-state index contributed by atoms with van der Waals surface area (Å²) in [5.74, 6) is 0.106. The van der Waals surface area contributed by atoms with Gasteiger partial charge in [-0.15, -0.1) is 0 Å². The highest BCUT2D eigenvalue weighted by Crippen LogP contribution is 2.47. The quantitative estimate of drug-likeness (QED) is 0.786. The molecule has 4 nitrogen and oxygen atoms in total. The number of hydrogen-bond acceptors (Lipinski definition) is 4. The molecule has 4 rings (SSSR count). The number of likely N-dealkylation sites (tertiary alicyclic amines) is 1. The molecule has 0 aromatic heterocycles. The van der Waals surface area contributed by atoms with E-state index >= 15 is 0 Å². The van der Waals surface area contributed by atoms with Gasteiger partial charge in [0, 0.05) is 30.6 Å². The normalized spacial score (nSPS) is 26.5. The summed E-state index contributed by atoms with van der Waals surface area (Å²) in [5.41, 5.74) is 3.59. The number of phenols is 1. The summed E-state index contributed by atoms with van der Waals surface area (Å²) in [5, 5.41) is 20.0. The fourth-order valence-corrected chi connectivity index (χ4v) is 5.54. The molecule has 1 aliphatic carbocycles. The van der Waals surface area contributed by atoms with Gasteiger partial charge in [-0.3, -0.25) is 4.90 Å². The van der Waals surface area contributed by atoms with Crippen LogP contribution in [0.15, 0.2) is 42.5 Å². The number of halogens is 1. The van der Waals surface area contributed by atoms with Crippen LogP contribution in [0, 0.1) is 5.82 Å². The van der Waals surface area contributed by atoms with Crippen LogP contribution >= 0.6 is 0 Å². The van der Waals surface area contributed by atoms with Gasteiger partial charge in [0.25, 0.3) is 0 Å². The second-order valence-electron chi connectivity index (χ2n) is 8.84. The molecule has 0 amide bonds. The van der Waals surface area contributed by atoms with Crippen molar-refractivity contribution in [3.8, 4) is 5.75 Å². The van der Waals surface area contributed by atoms with Crippen LogP contribution in [0.4, 0.5) is 4.39 Å². The zero-order valence-electron chi connectivity index (χ0n) is 17.3. The predicted octanol–water partition coefficient (Wildman–Crippen LogP) is 2.95. The zero-order valence-corrected chi connectivity index (χ0v) is 17.3. The minimum atomic E-state index is -0.215. The highest BCUT2D eigenvalue weighted by Gasteiger charge is 2.51. The van der Waals surface area contributed by atoms with Crippen LogP contribution in [-0.2, 0) is 18.3 Å². The molecular formula is C24H31FN2O2. The lowest BCUT2D eigenvalue weighted by Gasteiger charge is -2.58. The first-order valence-electron chi connectivity index (χ1n) is 10.5. The number of likely N-dealkylation sites (N-methyl/N-ethyl adjacent to an activating group) is 1. The summed E-state index contributed by atoms with van der Waals surface area (Å²) in [6.45, 7) is 4.87. The minimum absolute atomic E-state index is 0.0819. The molecule has 2 aromatic rings. The molecule has 2 N–H and O–H groups in total. The van der Waals surface area contributed by atoms with Crippen molar-refractivity contribution in [2.24, 2.45) is 0 Å². The molecule has 1 aliphatic heterocycles. The minimum Gasteiger partial charge on any atom is -0.508 e. The molecule has 1 heterocycles. The van der Waals surface area contributed by atoms with E-state index in [1.54, 1.807) is 6.07 Å². The lowest BCUT2D eigenvalue weighted by molar-refractivity contribution is -0.0149. The summed E-state index contributed by atoms with van der Waals surface area (Å²) in [6.07, 6.45) is 2.78. The highest BCUT2D eigenvalue weighted by molar-refractivity contribution is 5.45. The van der Waals surface area contributed by atoms with Crippen molar-refractivity contribution in [1.29, 1.82) is 0 Å². The first kappa shape index (κ1) is 20.3. The monoisotopic (exact) mass is 398 g/mol.